The molecule has 0 radical (unpaired) electrons. The Bertz CT molecular complexity index is 412. The van der Waals surface area contributed by atoms with Crippen LogP contribution in [0.1, 0.15) is 20.8 Å². The highest BCUT2D eigenvalue weighted by Crippen LogP contribution is 2.33. The van der Waals surface area contributed by atoms with E-state index in [2.05, 4.69) is 22.8 Å². The molecule has 1 aromatic carbocycles. The first-order chi connectivity index (χ1) is 9.11. The van der Waals surface area contributed by atoms with E-state index in [1.54, 1.807) is 0 Å². The fourth-order valence-electron chi connectivity index (χ4n) is 2.47. The van der Waals surface area contributed by atoms with Crippen LogP contribution in [0.2, 0.25) is 0 Å². The number of piperazine rings is 1. The molecule has 0 aliphatic carbocycles. The zero-order chi connectivity index (χ0) is 13.8. The van der Waals surface area contributed by atoms with Crippen LogP contribution in [0.5, 0.6) is 5.75 Å². The van der Waals surface area contributed by atoms with E-state index in [1.807, 2.05) is 26.0 Å². The van der Waals surface area contributed by atoms with Crippen molar-refractivity contribution in [3.8, 4) is 5.75 Å². The van der Waals surface area contributed by atoms with Crippen molar-refractivity contribution in [2.45, 2.75) is 26.9 Å². The lowest BCUT2D eigenvalue weighted by atomic mass is 10.2. The third-order valence-corrected chi connectivity index (χ3v) is 3.57. The molecule has 0 spiro atoms. The third-order valence-electron chi connectivity index (χ3n) is 3.57. The van der Waals surface area contributed by atoms with Gasteiger partial charge in [-0.25, -0.2) is 0 Å². The van der Waals surface area contributed by atoms with Gasteiger partial charge in [0, 0.05) is 26.2 Å². The minimum atomic E-state index is 0.148. The monoisotopic (exact) mass is 263 g/mol. The molecule has 0 amide bonds. The van der Waals surface area contributed by atoms with Crippen molar-refractivity contribution in [1.82, 2.24) is 4.90 Å². The molecule has 1 heterocycles. The predicted octanol–water partition coefficient (Wildman–Crippen LogP) is 2.20. The molecule has 19 heavy (non-hydrogen) atoms. The zero-order valence-corrected chi connectivity index (χ0v) is 12.2. The molecule has 0 unspecified atom stereocenters. The first-order valence-electron chi connectivity index (χ1n) is 7.14. The Morgan fingerprint density at radius 1 is 1.21 bits per heavy atom. The van der Waals surface area contributed by atoms with Gasteiger partial charge in [0.25, 0.3) is 0 Å². The number of para-hydroxylation sites is 1. The molecule has 4 heteroatoms. The van der Waals surface area contributed by atoms with Crippen LogP contribution in [0.4, 0.5) is 11.4 Å². The number of hydrogen-bond donors (Lipinski definition) is 1. The molecule has 1 saturated heterocycles. The number of hydrogen-bond acceptors (Lipinski definition) is 4. The number of ether oxygens (including phenoxy) is 1. The van der Waals surface area contributed by atoms with Crippen LogP contribution in [0.25, 0.3) is 0 Å². The number of nitrogens with two attached hydrogens (primary N) is 1. The first-order valence-corrected chi connectivity index (χ1v) is 7.14. The maximum Gasteiger partial charge on any atom is 0.144 e. The normalized spacial score (nSPS) is 16.9. The summed E-state index contributed by atoms with van der Waals surface area (Å²) in [6.07, 6.45) is 0.148. The van der Waals surface area contributed by atoms with Crippen LogP contribution in [0.3, 0.4) is 0 Å². The van der Waals surface area contributed by atoms with E-state index < -0.39 is 0 Å². The smallest absolute Gasteiger partial charge is 0.144 e. The van der Waals surface area contributed by atoms with Crippen LogP contribution in [-0.4, -0.2) is 43.7 Å². The molecule has 2 rings (SSSR count). The fourth-order valence-corrected chi connectivity index (χ4v) is 2.47. The first kappa shape index (κ1) is 14.0. The highest BCUT2D eigenvalue weighted by Gasteiger charge is 2.19. The lowest BCUT2D eigenvalue weighted by Gasteiger charge is -2.36. The van der Waals surface area contributed by atoms with Gasteiger partial charge in [0.2, 0.25) is 0 Å². The highest BCUT2D eigenvalue weighted by atomic mass is 16.5. The summed E-state index contributed by atoms with van der Waals surface area (Å²) < 4.78 is 5.76. The van der Waals surface area contributed by atoms with Crippen molar-refractivity contribution in [2.24, 2.45) is 0 Å². The van der Waals surface area contributed by atoms with Gasteiger partial charge in [0.15, 0.2) is 0 Å². The number of nitrogens with zero attached hydrogens (tertiary/aromatic N) is 2. The summed E-state index contributed by atoms with van der Waals surface area (Å²) in [6, 6.07) is 6.06. The third kappa shape index (κ3) is 3.32. The second-order valence-corrected chi connectivity index (χ2v) is 5.28. The largest absolute Gasteiger partial charge is 0.489 e. The summed E-state index contributed by atoms with van der Waals surface area (Å²) in [6.45, 7) is 11.6. The van der Waals surface area contributed by atoms with Gasteiger partial charge in [0.1, 0.15) is 5.75 Å². The van der Waals surface area contributed by atoms with E-state index in [1.165, 1.54) is 0 Å². The standard InChI is InChI=1S/C15H25N3O/c1-4-17-8-10-18(11-9-17)13-6-5-7-14(15(13)16)19-12(2)3/h5-7,12H,4,8-11,16H2,1-3H3. The number of rotatable bonds is 4. The highest BCUT2D eigenvalue weighted by molar-refractivity contribution is 5.74. The summed E-state index contributed by atoms with van der Waals surface area (Å²) in [5.74, 6) is 0.797. The number of anilines is 2. The Kier molecular flexibility index (Phi) is 4.53. The molecule has 0 saturated carbocycles. The second kappa shape index (κ2) is 6.15. The molecule has 0 aromatic heterocycles. The second-order valence-electron chi connectivity index (χ2n) is 5.28. The van der Waals surface area contributed by atoms with Gasteiger partial charge < -0.3 is 20.3 Å². The van der Waals surface area contributed by atoms with Crippen molar-refractivity contribution in [3.63, 3.8) is 0 Å². The van der Waals surface area contributed by atoms with Crippen molar-refractivity contribution in [1.29, 1.82) is 0 Å². The van der Waals surface area contributed by atoms with Gasteiger partial charge in [-0.3, -0.25) is 0 Å². The van der Waals surface area contributed by atoms with Crippen molar-refractivity contribution in [3.05, 3.63) is 18.2 Å². The van der Waals surface area contributed by atoms with Gasteiger partial charge in [0.05, 0.1) is 17.5 Å². The fraction of sp³-hybridized carbons (Fsp3) is 0.600. The summed E-state index contributed by atoms with van der Waals surface area (Å²) in [7, 11) is 0. The molecule has 2 N–H and O–H groups in total. The van der Waals surface area contributed by atoms with Crippen LogP contribution >= 0.6 is 0 Å². The van der Waals surface area contributed by atoms with Gasteiger partial charge in [-0.1, -0.05) is 13.0 Å². The maximum absolute atomic E-state index is 6.25. The van der Waals surface area contributed by atoms with E-state index in [0.717, 1.165) is 49.8 Å². The molecule has 4 nitrogen and oxygen atoms in total. The molecule has 0 bridgehead atoms. The van der Waals surface area contributed by atoms with E-state index in [-0.39, 0.29) is 6.10 Å². The van der Waals surface area contributed by atoms with Crippen LogP contribution in [-0.2, 0) is 0 Å². The van der Waals surface area contributed by atoms with Crippen LogP contribution < -0.4 is 15.4 Å². The van der Waals surface area contributed by atoms with Crippen LogP contribution in [0.15, 0.2) is 18.2 Å². The van der Waals surface area contributed by atoms with Crippen LogP contribution in [0, 0.1) is 0 Å². The number of likely N-dealkylation sites (N-methyl/N-ethyl adjacent to an activating group) is 1. The average molecular weight is 263 g/mol. The Labute approximate surface area is 116 Å². The Morgan fingerprint density at radius 3 is 2.47 bits per heavy atom. The molecule has 0 atom stereocenters. The molecule has 1 aliphatic heterocycles. The average Bonchev–Trinajstić information content (AvgIpc) is 2.41. The van der Waals surface area contributed by atoms with Crippen molar-refractivity contribution >= 4 is 11.4 Å². The van der Waals surface area contributed by atoms with Gasteiger partial charge in [-0.2, -0.15) is 0 Å². The lowest BCUT2D eigenvalue weighted by Crippen LogP contribution is -2.46. The molecule has 106 valence electrons. The molecule has 1 fully saturated rings. The summed E-state index contributed by atoms with van der Waals surface area (Å²) in [5, 5.41) is 0. The number of nitrogen functional groups attached to an aromatic ring is 1. The van der Waals surface area contributed by atoms with E-state index in [9.17, 15) is 0 Å². The lowest BCUT2D eigenvalue weighted by molar-refractivity contribution is 0.243. The minimum Gasteiger partial charge on any atom is -0.489 e. The quantitative estimate of drug-likeness (QED) is 0.846. The predicted molar refractivity (Wildman–Crippen MR) is 80.9 cm³/mol. The summed E-state index contributed by atoms with van der Waals surface area (Å²) in [5.41, 5.74) is 8.12. The Morgan fingerprint density at radius 2 is 1.89 bits per heavy atom. The van der Waals surface area contributed by atoms with E-state index in [4.69, 9.17) is 10.5 Å². The summed E-state index contributed by atoms with van der Waals surface area (Å²) >= 11 is 0. The van der Waals surface area contributed by atoms with E-state index in [0.29, 0.717) is 0 Å². The zero-order valence-electron chi connectivity index (χ0n) is 12.2. The minimum absolute atomic E-state index is 0.148. The van der Waals surface area contributed by atoms with E-state index >= 15 is 0 Å². The van der Waals surface area contributed by atoms with Crippen molar-refractivity contribution < 1.29 is 4.74 Å². The topological polar surface area (TPSA) is 41.7 Å². The van der Waals surface area contributed by atoms with Crippen molar-refractivity contribution in [2.75, 3.05) is 43.4 Å². The molecular weight excluding hydrogens is 238 g/mol. The molecular formula is C15H25N3O. The Hall–Kier alpha value is -1.42. The maximum atomic E-state index is 6.25. The molecule has 1 aromatic rings. The SMILES string of the molecule is CCN1CCN(c2cccc(OC(C)C)c2N)CC1. The van der Waals surface area contributed by atoms with Gasteiger partial charge in [-0.05, 0) is 32.5 Å². The molecule has 1 aliphatic rings. The summed E-state index contributed by atoms with van der Waals surface area (Å²) in [4.78, 5) is 4.82. The number of benzene rings is 1. The Balaban J connectivity index is 2.12. The van der Waals surface area contributed by atoms with Gasteiger partial charge in [-0.15, -0.1) is 0 Å². The van der Waals surface area contributed by atoms with Gasteiger partial charge >= 0.3 is 0 Å².